The van der Waals surface area contributed by atoms with Gasteiger partial charge < -0.3 is 4.74 Å². The second kappa shape index (κ2) is 12.5. The molecule has 6 aromatic carbocycles. The lowest BCUT2D eigenvalue weighted by atomic mass is 9.74. The summed E-state index contributed by atoms with van der Waals surface area (Å²) in [6.07, 6.45) is 0. The van der Waals surface area contributed by atoms with Crippen molar-refractivity contribution in [3.8, 4) is 11.5 Å². The normalized spacial score (nSPS) is 15.0. The molecule has 1 heterocycles. The number of rotatable bonds is 7. The van der Waals surface area contributed by atoms with Crippen molar-refractivity contribution in [1.82, 2.24) is 4.72 Å². The molecule has 7 rings (SSSR count). The molecule has 236 valence electrons. The number of fused-ring (bicyclic) bond motifs is 3. The minimum Gasteiger partial charge on any atom is -0.456 e. The summed E-state index contributed by atoms with van der Waals surface area (Å²) in [7, 11) is -2.24. The summed E-state index contributed by atoms with van der Waals surface area (Å²) in [4.78, 5) is 0. The minimum absolute atomic E-state index is 0.337. The van der Waals surface area contributed by atoms with Crippen LogP contribution in [0.3, 0.4) is 0 Å². The molecule has 1 aliphatic heterocycles. The van der Waals surface area contributed by atoms with E-state index in [4.69, 9.17) is 4.74 Å². The molecule has 0 fully saturated rings. The maximum Gasteiger partial charge on any atom is 0.139 e. The average Bonchev–Trinajstić information content (AvgIpc) is 3.08. The Morgan fingerprint density at radius 3 is 1.83 bits per heavy atom. The van der Waals surface area contributed by atoms with Crippen LogP contribution in [0.1, 0.15) is 62.9 Å². The molecule has 47 heavy (non-hydrogen) atoms. The van der Waals surface area contributed by atoms with Crippen molar-refractivity contribution in [2.45, 2.75) is 50.8 Å². The summed E-state index contributed by atoms with van der Waals surface area (Å²) in [5, 5.41) is 6.02. The van der Waals surface area contributed by atoms with E-state index in [2.05, 4.69) is 158 Å². The summed E-state index contributed by atoms with van der Waals surface area (Å²) < 4.78 is 24.2. The summed E-state index contributed by atoms with van der Waals surface area (Å²) >= 11 is 0. The molecule has 0 spiro atoms. The first kappa shape index (κ1) is 31.5. The van der Waals surface area contributed by atoms with Crippen molar-refractivity contribution >= 4 is 45.6 Å². The molecular formula is C42H40NO2PS. The highest BCUT2D eigenvalue weighted by molar-refractivity contribution is 7.84. The van der Waals surface area contributed by atoms with Crippen molar-refractivity contribution in [2.24, 2.45) is 0 Å². The van der Waals surface area contributed by atoms with E-state index >= 15 is 0 Å². The molecule has 1 aliphatic rings. The molecule has 0 aliphatic carbocycles. The smallest absolute Gasteiger partial charge is 0.139 e. The number of hydrogen-bond acceptors (Lipinski definition) is 2. The van der Waals surface area contributed by atoms with E-state index in [9.17, 15) is 4.21 Å². The van der Waals surface area contributed by atoms with Gasteiger partial charge in [-0.15, -0.1) is 0 Å². The fourth-order valence-corrected chi connectivity index (χ4v) is 9.82. The molecule has 0 amide bonds. The largest absolute Gasteiger partial charge is 0.456 e. The summed E-state index contributed by atoms with van der Waals surface area (Å²) in [6, 6.07) is 49.1. The van der Waals surface area contributed by atoms with E-state index in [0.29, 0.717) is 0 Å². The zero-order chi connectivity index (χ0) is 32.8. The first-order valence-corrected chi connectivity index (χ1v) is 18.6. The van der Waals surface area contributed by atoms with E-state index in [1.165, 1.54) is 21.5 Å². The van der Waals surface area contributed by atoms with Crippen molar-refractivity contribution in [1.29, 1.82) is 0 Å². The Kier molecular flexibility index (Phi) is 8.39. The van der Waals surface area contributed by atoms with Crippen LogP contribution in [0.15, 0.2) is 140 Å². The molecule has 0 bridgehead atoms. The Morgan fingerprint density at radius 1 is 0.638 bits per heavy atom. The van der Waals surface area contributed by atoms with Crippen LogP contribution >= 0.6 is 7.92 Å². The van der Waals surface area contributed by atoms with Crippen LogP contribution in [0.5, 0.6) is 11.5 Å². The third-order valence-electron chi connectivity index (χ3n) is 9.09. The van der Waals surface area contributed by atoms with Gasteiger partial charge in [0, 0.05) is 27.4 Å². The Hall–Kier alpha value is -4.08. The van der Waals surface area contributed by atoms with Gasteiger partial charge in [-0.1, -0.05) is 153 Å². The van der Waals surface area contributed by atoms with Crippen molar-refractivity contribution < 1.29 is 8.95 Å². The second-order valence-electron chi connectivity index (χ2n) is 13.6. The molecule has 0 radical (unpaired) electrons. The van der Waals surface area contributed by atoms with Crippen LogP contribution in [0.4, 0.5) is 0 Å². The highest BCUT2D eigenvalue weighted by atomic mass is 32.2. The SMILES string of the molecule is CC1(C)c2cccc(C(NS(=O)C(C)(C)C)c3cccc4ccccc34)c2Oc2c(P(c3ccccc3)c3ccccc3)cccc21. The zero-order valence-corrected chi connectivity index (χ0v) is 29.2. The van der Waals surface area contributed by atoms with Crippen LogP contribution in [0, 0.1) is 0 Å². The Balaban J connectivity index is 1.45. The lowest BCUT2D eigenvalue weighted by Gasteiger charge is -2.38. The highest BCUT2D eigenvalue weighted by Crippen LogP contribution is 2.53. The number of nitrogens with one attached hydrogen (secondary N) is 1. The number of benzene rings is 6. The third-order valence-corrected chi connectivity index (χ3v) is 13.1. The second-order valence-corrected chi connectivity index (χ2v) is 17.8. The monoisotopic (exact) mass is 653 g/mol. The van der Waals surface area contributed by atoms with Gasteiger partial charge in [0.1, 0.15) is 11.5 Å². The van der Waals surface area contributed by atoms with Gasteiger partial charge >= 0.3 is 0 Å². The zero-order valence-electron chi connectivity index (χ0n) is 27.5. The fraction of sp³-hybridized carbons (Fsp3) is 0.190. The molecule has 3 nitrogen and oxygen atoms in total. The predicted octanol–water partition coefficient (Wildman–Crippen LogP) is 9.17. The standard InChI is InChI=1S/C42H40NO2PS/c1-41(2,3)47(44)43-38(33-24-14-18-29-17-12-13-23-32(29)33)34-25-15-26-35-39(34)45-40-36(42(35,4)5)27-16-28-37(40)46(30-19-8-6-9-20-30)31-21-10-7-11-22-31/h6-28,38,43H,1-5H3. The molecule has 2 atom stereocenters. The Labute approximate surface area is 282 Å². The fourth-order valence-electron chi connectivity index (χ4n) is 6.60. The Bertz CT molecular complexity index is 2040. The van der Waals surface area contributed by atoms with Gasteiger partial charge in [-0.25, -0.2) is 8.93 Å². The first-order valence-electron chi connectivity index (χ1n) is 16.2. The van der Waals surface area contributed by atoms with Gasteiger partial charge in [-0.2, -0.15) is 0 Å². The quantitative estimate of drug-likeness (QED) is 0.175. The molecule has 2 unspecified atom stereocenters. The first-order chi connectivity index (χ1) is 22.6. The molecule has 5 heteroatoms. The van der Waals surface area contributed by atoms with Crippen LogP contribution in [-0.4, -0.2) is 8.96 Å². The van der Waals surface area contributed by atoms with Gasteiger partial charge in [0.2, 0.25) is 0 Å². The average molecular weight is 654 g/mol. The van der Waals surface area contributed by atoms with E-state index in [0.717, 1.165) is 39.0 Å². The van der Waals surface area contributed by atoms with E-state index in [1.54, 1.807) is 0 Å². The van der Waals surface area contributed by atoms with Crippen molar-refractivity contribution in [3.05, 3.63) is 162 Å². The number of hydrogen-bond donors (Lipinski definition) is 1. The molecular weight excluding hydrogens is 614 g/mol. The van der Waals surface area contributed by atoms with Crippen molar-refractivity contribution in [2.75, 3.05) is 0 Å². The molecule has 6 aromatic rings. The van der Waals surface area contributed by atoms with Gasteiger partial charge in [-0.3, -0.25) is 0 Å². The van der Waals surface area contributed by atoms with Gasteiger partial charge in [0.25, 0.3) is 0 Å². The summed E-state index contributed by atoms with van der Waals surface area (Å²) in [5.74, 6) is 1.76. The van der Waals surface area contributed by atoms with E-state index < -0.39 is 23.7 Å². The summed E-state index contributed by atoms with van der Waals surface area (Å²) in [6.45, 7) is 10.6. The van der Waals surface area contributed by atoms with Gasteiger partial charge in [-0.05, 0) is 55.6 Å². The predicted molar refractivity (Wildman–Crippen MR) is 201 cm³/mol. The van der Waals surface area contributed by atoms with Crippen LogP contribution < -0.4 is 25.4 Å². The number of para-hydroxylation sites is 2. The third kappa shape index (κ3) is 5.84. The van der Waals surface area contributed by atoms with Gasteiger partial charge in [0.15, 0.2) is 0 Å². The highest BCUT2D eigenvalue weighted by Gasteiger charge is 2.39. The lowest BCUT2D eigenvalue weighted by molar-refractivity contribution is 0.413. The summed E-state index contributed by atoms with van der Waals surface area (Å²) in [5.41, 5.74) is 4.01. The molecule has 0 saturated carbocycles. The van der Waals surface area contributed by atoms with Crippen LogP contribution in [-0.2, 0) is 16.4 Å². The molecule has 0 aromatic heterocycles. The van der Waals surface area contributed by atoms with E-state index in [1.807, 2.05) is 20.8 Å². The maximum atomic E-state index is 13.9. The van der Waals surface area contributed by atoms with E-state index in [-0.39, 0.29) is 11.5 Å². The molecule has 0 saturated heterocycles. The topological polar surface area (TPSA) is 38.3 Å². The van der Waals surface area contributed by atoms with Gasteiger partial charge in [0.05, 0.1) is 21.8 Å². The Morgan fingerprint density at radius 2 is 1.17 bits per heavy atom. The minimum atomic E-state index is -1.34. The number of ether oxygens (including phenoxy) is 1. The maximum absolute atomic E-state index is 13.9. The van der Waals surface area contributed by atoms with Crippen LogP contribution in [0.25, 0.3) is 10.8 Å². The lowest BCUT2D eigenvalue weighted by Crippen LogP contribution is -2.37. The molecule has 1 N–H and O–H groups in total. The van der Waals surface area contributed by atoms with Crippen LogP contribution in [0.2, 0.25) is 0 Å². The van der Waals surface area contributed by atoms with Crippen molar-refractivity contribution in [3.63, 3.8) is 0 Å².